The van der Waals surface area contributed by atoms with Gasteiger partial charge in [0, 0.05) is 25.8 Å². The van der Waals surface area contributed by atoms with Crippen molar-refractivity contribution in [3.05, 3.63) is 58.7 Å². The molecule has 0 bridgehead atoms. The van der Waals surface area contributed by atoms with Crippen LogP contribution < -0.4 is 4.90 Å². The van der Waals surface area contributed by atoms with E-state index in [1.165, 1.54) is 0 Å². The number of rotatable bonds is 7. The second-order valence-electron chi connectivity index (χ2n) is 7.68. The maximum atomic E-state index is 14.0. The first-order valence-electron chi connectivity index (χ1n) is 9.73. The molecule has 0 saturated carbocycles. The van der Waals surface area contributed by atoms with Crippen LogP contribution in [0.25, 0.3) is 0 Å². The number of hydrogen-bond donors (Lipinski definition) is 0. The van der Waals surface area contributed by atoms with E-state index in [1.54, 1.807) is 56.0 Å². The third-order valence-corrected chi connectivity index (χ3v) is 7.37. The summed E-state index contributed by atoms with van der Waals surface area (Å²) in [4.78, 5) is 1.48. The van der Waals surface area contributed by atoms with Crippen LogP contribution in [0.1, 0.15) is 29.2 Å². The van der Waals surface area contributed by atoms with Gasteiger partial charge in [-0.1, -0.05) is 29.8 Å². The molecule has 0 heterocycles. The van der Waals surface area contributed by atoms with Gasteiger partial charge in [-0.2, -0.15) is 17.5 Å². The lowest BCUT2D eigenvalue weighted by atomic mass is 10.1. The minimum absolute atomic E-state index is 0.0662. The molecule has 1 atom stereocenters. The SMILES string of the molecule is CCN(CC(N(C)S(=O)(=O)c1c(C)cc(C)cc1C)C(F)(F)F)c1cccc(C)c1. The molecule has 0 saturated heterocycles. The summed E-state index contributed by atoms with van der Waals surface area (Å²) in [6.45, 7) is 8.45. The average molecular weight is 443 g/mol. The van der Waals surface area contributed by atoms with E-state index in [9.17, 15) is 21.6 Å². The van der Waals surface area contributed by atoms with Gasteiger partial charge in [-0.3, -0.25) is 0 Å². The maximum Gasteiger partial charge on any atom is 0.406 e. The zero-order chi connectivity index (χ0) is 22.9. The molecular formula is C22H29F3N2O2S. The summed E-state index contributed by atoms with van der Waals surface area (Å²) in [5.74, 6) is 0. The summed E-state index contributed by atoms with van der Waals surface area (Å²) < 4.78 is 69.1. The molecule has 0 N–H and O–H groups in total. The van der Waals surface area contributed by atoms with E-state index >= 15 is 0 Å². The zero-order valence-electron chi connectivity index (χ0n) is 18.2. The molecule has 8 heteroatoms. The molecule has 0 aliphatic carbocycles. The van der Waals surface area contributed by atoms with Crippen LogP contribution in [0.2, 0.25) is 0 Å². The Hall–Kier alpha value is -2.06. The molecule has 0 aliphatic rings. The number of anilines is 1. The molecule has 0 radical (unpaired) electrons. The molecule has 30 heavy (non-hydrogen) atoms. The Labute approximate surface area is 177 Å². The highest BCUT2D eigenvalue weighted by Crippen LogP contribution is 2.32. The summed E-state index contributed by atoms with van der Waals surface area (Å²) >= 11 is 0. The van der Waals surface area contributed by atoms with Crippen LogP contribution in [0.3, 0.4) is 0 Å². The molecule has 4 nitrogen and oxygen atoms in total. The van der Waals surface area contributed by atoms with Crippen molar-refractivity contribution >= 4 is 15.7 Å². The van der Waals surface area contributed by atoms with Gasteiger partial charge in [-0.25, -0.2) is 8.42 Å². The van der Waals surface area contributed by atoms with E-state index in [2.05, 4.69) is 0 Å². The summed E-state index contributed by atoms with van der Waals surface area (Å²) in [6, 6.07) is 8.30. The van der Waals surface area contributed by atoms with Crippen molar-refractivity contribution in [3.8, 4) is 0 Å². The van der Waals surface area contributed by atoms with Crippen molar-refractivity contribution in [2.24, 2.45) is 0 Å². The van der Waals surface area contributed by atoms with Crippen molar-refractivity contribution < 1.29 is 21.6 Å². The molecule has 1 unspecified atom stereocenters. The van der Waals surface area contributed by atoms with Gasteiger partial charge in [-0.05, 0) is 63.4 Å². The number of hydrogen-bond acceptors (Lipinski definition) is 3. The first-order chi connectivity index (χ1) is 13.8. The average Bonchev–Trinajstić information content (AvgIpc) is 2.59. The van der Waals surface area contributed by atoms with Crippen LogP contribution >= 0.6 is 0 Å². The number of alkyl halides is 3. The summed E-state index contributed by atoms with van der Waals surface area (Å²) in [7, 11) is -3.35. The highest BCUT2D eigenvalue weighted by Gasteiger charge is 2.47. The van der Waals surface area contributed by atoms with Gasteiger partial charge in [0.1, 0.15) is 6.04 Å². The topological polar surface area (TPSA) is 40.6 Å². The van der Waals surface area contributed by atoms with Gasteiger partial charge >= 0.3 is 6.18 Å². The van der Waals surface area contributed by atoms with Crippen LogP contribution in [0.15, 0.2) is 41.3 Å². The number of nitrogens with zero attached hydrogens (tertiary/aromatic N) is 2. The van der Waals surface area contributed by atoms with Gasteiger partial charge in [0.25, 0.3) is 0 Å². The van der Waals surface area contributed by atoms with Crippen molar-refractivity contribution in [2.45, 2.75) is 51.7 Å². The Balaban J connectivity index is 2.49. The number of sulfonamides is 1. The predicted octanol–water partition coefficient (Wildman–Crippen LogP) is 5.00. The number of likely N-dealkylation sites (N-methyl/N-ethyl adjacent to an activating group) is 2. The lowest BCUT2D eigenvalue weighted by molar-refractivity contribution is -0.166. The number of halogens is 3. The minimum Gasteiger partial charge on any atom is -0.370 e. The van der Waals surface area contributed by atoms with E-state index in [0.717, 1.165) is 18.2 Å². The highest BCUT2D eigenvalue weighted by molar-refractivity contribution is 7.89. The largest absolute Gasteiger partial charge is 0.406 e. The van der Waals surface area contributed by atoms with Crippen LogP contribution in [-0.4, -0.2) is 45.1 Å². The van der Waals surface area contributed by atoms with E-state index in [-0.39, 0.29) is 4.90 Å². The number of aryl methyl sites for hydroxylation is 4. The van der Waals surface area contributed by atoms with Gasteiger partial charge in [0.15, 0.2) is 0 Å². The standard InChI is InChI=1S/C22H29F3N2O2S/c1-7-27(19-10-8-9-15(2)13-19)14-20(22(23,24)25)26(6)30(28,29)21-17(4)11-16(3)12-18(21)5/h8-13,20H,7,14H2,1-6H3. The lowest BCUT2D eigenvalue weighted by Crippen LogP contribution is -2.53. The summed E-state index contributed by atoms with van der Waals surface area (Å²) in [6.07, 6.45) is -4.73. The van der Waals surface area contributed by atoms with Gasteiger partial charge in [0.05, 0.1) is 4.90 Å². The minimum atomic E-state index is -4.73. The fourth-order valence-electron chi connectivity index (χ4n) is 3.76. The Bertz CT molecular complexity index is 981. The Morgan fingerprint density at radius 2 is 1.53 bits per heavy atom. The molecule has 0 spiro atoms. The summed E-state index contributed by atoms with van der Waals surface area (Å²) in [5, 5.41) is 0. The molecule has 0 aromatic heterocycles. The fourth-order valence-corrected chi connectivity index (χ4v) is 5.50. The second-order valence-corrected chi connectivity index (χ2v) is 9.62. The maximum absolute atomic E-state index is 14.0. The monoisotopic (exact) mass is 442 g/mol. The molecule has 2 aromatic rings. The first-order valence-corrected chi connectivity index (χ1v) is 11.2. The second kappa shape index (κ2) is 8.98. The van der Waals surface area contributed by atoms with Crippen LogP contribution in [-0.2, 0) is 10.0 Å². The normalized spacial score (nSPS) is 13.5. The molecule has 166 valence electrons. The van der Waals surface area contributed by atoms with E-state index in [0.29, 0.717) is 27.7 Å². The van der Waals surface area contributed by atoms with Crippen molar-refractivity contribution in [1.82, 2.24) is 4.31 Å². The fraction of sp³-hybridized carbons (Fsp3) is 0.455. The third kappa shape index (κ3) is 5.16. The van der Waals surface area contributed by atoms with Gasteiger partial charge in [-0.15, -0.1) is 0 Å². The Kier molecular flexibility index (Phi) is 7.24. The zero-order valence-corrected chi connectivity index (χ0v) is 19.0. The quantitative estimate of drug-likeness (QED) is 0.606. The summed E-state index contributed by atoms with van der Waals surface area (Å²) in [5.41, 5.74) is 3.27. The Morgan fingerprint density at radius 3 is 2.00 bits per heavy atom. The molecular weight excluding hydrogens is 413 g/mol. The van der Waals surface area contributed by atoms with E-state index in [4.69, 9.17) is 0 Å². The van der Waals surface area contributed by atoms with Crippen LogP contribution in [0, 0.1) is 27.7 Å². The highest BCUT2D eigenvalue weighted by atomic mass is 32.2. The van der Waals surface area contributed by atoms with Gasteiger partial charge < -0.3 is 4.90 Å². The van der Waals surface area contributed by atoms with Crippen molar-refractivity contribution in [3.63, 3.8) is 0 Å². The lowest BCUT2D eigenvalue weighted by Gasteiger charge is -2.35. The molecule has 0 aliphatic heterocycles. The van der Waals surface area contributed by atoms with Crippen LogP contribution in [0.4, 0.5) is 18.9 Å². The molecule has 2 rings (SSSR count). The van der Waals surface area contributed by atoms with Crippen LogP contribution in [0.5, 0.6) is 0 Å². The Morgan fingerprint density at radius 1 is 0.967 bits per heavy atom. The smallest absolute Gasteiger partial charge is 0.370 e. The van der Waals surface area contributed by atoms with Crippen molar-refractivity contribution in [1.29, 1.82) is 0 Å². The molecule has 0 amide bonds. The molecule has 2 aromatic carbocycles. The van der Waals surface area contributed by atoms with E-state index < -0.39 is 28.8 Å². The number of benzene rings is 2. The third-order valence-electron chi connectivity index (χ3n) is 5.20. The predicted molar refractivity (Wildman–Crippen MR) is 115 cm³/mol. The molecule has 0 fully saturated rings. The van der Waals surface area contributed by atoms with E-state index in [1.807, 2.05) is 19.9 Å². The van der Waals surface area contributed by atoms with Crippen molar-refractivity contribution in [2.75, 3.05) is 25.0 Å². The van der Waals surface area contributed by atoms with Gasteiger partial charge in [0.2, 0.25) is 10.0 Å². The first kappa shape index (κ1) is 24.2.